The van der Waals surface area contributed by atoms with Crippen molar-refractivity contribution in [3.05, 3.63) is 43.2 Å². The van der Waals surface area contributed by atoms with Crippen molar-refractivity contribution in [1.29, 1.82) is 5.26 Å². The third kappa shape index (κ3) is 3.04. The van der Waals surface area contributed by atoms with Gasteiger partial charge in [-0.2, -0.15) is 5.26 Å². The molecular formula is C13H13N5O3. The number of nitriles is 1. The number of aryl methyl sites for hydroxylation is 1. The Morgan fingerprint density at radius 1 is 1.48 bits per heavy atom. The van der Waals surface area contributed by atoms with Gasteiger partial charge in [-0.05, 0) is 36.8 Å². The summed E-state index contributed by atoms with van der Waals surface area (Å²) in [6, 6.07) is 1.77. The number of fused-ring (bicyclic) bond motifs is 1. The molecule has 0 fully saturated rings. The molecule has 21 heavy (non-hydrogen) atoms. The van der Waals surface area contributed by atoms with Gasteiger partial charge in [0.15, 0.2) is 0 Å². The summed E-state index contributed by atoms with van der Waals surface area (Å²) >= 11 is 0. The molecule has 0 spiro atoms. The smallest absolute Gasteiger partial charge is 0.340 e. The Morgan fingerprint density at radius 3 is 2.95 bits per heavy atom. The number of ether oxygens (including phenoxy) is 1. The maximum absolute atomic E-state index is 12.2. The molecule has 1 N–H and O–H groups in total. The average molecular weight is 287 g/mol. The fourth-order valence-corrected chi connectivity index (χ4v) is 2.41. The molecule has 8 nitrogen and oxygen atoms in total. The van der Waals surface area contributed by atoms with E-state index in [-0.39, 0.29) is 24.3 Å². The topological polar surface area (TPSA) is 132 Å². The summed E-state index contributed by atoms with van der Waals surface area (Å²) in [5.41, 5.74) is 8.81. The predicted octanol–water partition coefficient (Wildman–Crippen LogP) is 1.59. The van der Waals surface area contributed by atoms with Crippen molar-refractivity contribution in [3.63, 3.8) is 0 Å². The zero-order chi connectivity index (χ0) is 15.2. The Kier molecular flexibility index (Phi) is 4.59. The maximum atomic E-state index is 12.2. The second kappa shape index (κ2) is 6.59. The van der Waals surface area contributed by atoms with Crippen LogP contribution in [-0.2, 0) is 17.6 Å². The van der Waals surface area contributed by atoms with E-state index in [2.05, 4.69) is 15.0 Å². The van der Waals surface area contributed by atoms with Crippen molar-refractivity contribution in [2.24, 2.45) is 5.11 Å². The van der Waals surface area contributed by atoms with E-state index in [9.17, 15) is 9.59 Å². The minimum absolute atomic E-state index is 0.00943. The Hall–Kier alpha value is -2.78. The van der Waals surface area contributed by atoms with E-state index in [0.29, 0.717) is 24.1 Å². The second-order valence-electron chi connectivity index (χ2n) is 4.57. The number of aromatic nitrogens is 1. The number of carbonyl (C=O) groups excluding carboxylic acids is 1. The van der Waals surface area contributed by atoms with Gasteiger partial charge >= 0.3 is 5.97 Å². The van der Waals surface area contributed by atoms with Crippen LogP contribution >= 0.6 is 0 Å². The molecule has 0 bridgehead atoms. The van der Waals surface area contributed by atoms with E-state index in [1.54, 1.807) is 6.07 Å². The molecule has 0 saturated heterocycles. The van der Waals surface area contributed by atoms with Gasteiger partial charge in [-0.1, -0.05) is 5.11 Å². The Balaban J connectivity index is 2.38. The van der Waals surface area contributed by atoms with Crippen molar-refractivity contribution in [2.45, 2.75) is 25.7 Å². The number of nitrogens with zero attached hydrogens (tertiary/aromatic N) is 4. The molecule has 1 aliphatic rings. The fraction of sp³-hybridized carbons (Fsp3) is 0.462. The van der Waals surface area contributed by atoms with Crippen LogP contribution in [0, 0.1) is 11.3 Å². The van der Waals surface area contributed by atoms with Crippen LogP contribution in [0.4, 0.5) is 0 Å². The lowest BCUT2D eigenvalue weighted by atomic mass is 9.90. The fourth-order valence-electron chi connectivity index (χ4n) is 2.41. The lowest BCUT2D eigenvalue weighted by molar-refractivity contribution is 0.0514. The highest BCUT2D eigenvalue weighted by Gasteiger charge is 2.25. The summed E-state index contributed by atoms with van der Waals surface area (Å²) in [6.45, 7) is -0.0785. The number of azide groups is 1. The average Bonchev–Trinajstić information content (AvgIpc) is 2.50. The van der Waals surface area contributed by atoms with Crippen molar-refractivity contribution in [1.82, 2.24) is 4.98 Å². The van der Waals surface area contributed by atoms with E-state index < -0.39 is 11.5 Å². The number of esters is 1. The zero-order valence-electron chi connectivity index (χ0n) is 11.3. The number of pyridine rings is 1. The van der Waals surface area contributed by atoms with Crippen LogP contribution < -0.4 is 5.56 Å². The monoisotopic (exact) mass is 287 g/mol. The molecule has 2 rings (SSSR count). The van der Waals surface area contributed by atoms with E-state index in [1.165, 1.54) is 0 Å². The lowest BCUT2D eigenvalue weighted by Crippen LogP contribution is -2.25. The van der Waals surface area contributed by atoms with Crippen LogP contribution in [0.2, 0.25) is 0 Å². The van der Waals surface area contributed by atoms with Crippen LogP contribution in [0.3, 0.4) is 0 Å². The van der Waals surface area contributed by atoms with Crippen LogP contribution in [0.15, 0.2) is 9.91 Å². The van der Waals surface area contributed by atoms with Crippen molar-refractivity contribution >= 4 is 5.97 Å². The highest BCUT2D eigenvalue weighted by molar-refractivity contribution is 5.94. The van der Waals surface area contributed by atoms with E-state index in [0.717, 1.165) is 12.8 Å². The van der Waals surface area contributed by atoms with Gasteiger partial charge in [0.1, 0.15) is 11.6 Å². The summed E-state index contributed by atoms with van der Waals surface area (Å²) in [4.78, 5) is 29.2. The number of carbonyl (C=O) groups is 1. The third-order valence-corrected chi connectivity index (χ3v) is 3.31. The highest BCUT2D eigenvalue weighted by atomic mass is 16.5. The number of aromatic amines is 1. The van der Waals surface area contributed by atoms with Crippen LogP contribution in [0.25, 0.3) is 10.4 Å². The largest absolute Gasteiger partial charge is 0.462 e. The van der Waals surface area contributed by atoms with Crippen molar-refractivity contribution < 1.29 is 9.53 Å². The molecule has 0 aliphatic heterocycles. The van der Waals surface area contributed by atoms with Gasteiger partial charge in [-0.25, -0.2) is 4.79 Å². The van der Waals surface area contributed by atoms with Gasteiger partial charge in [0.2, 0.25) is 0 Å². The first-order valence-electron chi connectivity index (χ1n) is 6.55. The molecule has 0 amide bonds. The van der Waals surface area contributed by atoms with E-state index in [1.807, 2.05) is 0 Å². The van der Waals surface area contributed by atoms with Gasteiger partial charge in [0.25, 0.3) is 5.56 Å². The Bertz CT molecular complexity index is 710. The van der Waals surface area contributed by atoms with Crippen molar-refractivity contribution in [2.75, 3.05) is 13.2 Å². The molecule has 1 aromatic rings. The first-order chi connectivity index (χ1) is 10.2. The van der Waals surface area contributed by atoms with Gasteiger partial charge in [0, 0.05) is 10.6 Å². The summed E-state index contributed by atoms with van der Waals surface area (Å²) in [6.07, 6.45) is 3.12. The summed E-state index contributed by atoms with van der Waals surface area (Å²) < 4.78 is 4.99. The molecule has 1 aliphatic carbocycles. The van der Waals surface area contributed by atoms with E-state index >= 15 is 0 Å². The molecule has 1 aromatic heterocycles. The highest BCUT2D eigenvalue weighted by Crippen LogP contribution is 2.24. The number of hydrogen-bond donors (Lipinski definition) is 1. The first kappa shape index (κ1) is 14.6. The summed E-state index contributed by atoms with van der Waals surface area (Å²) in [7, 11) is 0. The quantitative estimate of drug-likeness (QED) is 0.296. The SMILES string of the molecule is N#Cc1c(C(=O)OCCN=[N+]=[N-])c2c([nH]c1=O)CCCC2. The number of hydrogen-bond acceptors (Lipinski definition) is 5. The Morgan fingerprint density at radius 2 is 2.24 bits per heavy atom. The molecule has 1 heterocycles. The molecule has 0 radical (unpaired) electrons. The van der Waals surface area contributed by atoms with Gasteiger partial charge < -0.3 is 9.72 Å². The number of nitrogens with one attached hydrogen (secondary N) is 1. The molecule has 108 valence electrons. The minimum Gasteiger partial charge on any atom is -0.462 e. The van der Waals surface area contributed by atoms with Gasteiger partial charge in [0.05, 0.1) is 18.7 Å². The lowest BCUT2D eigenvalue weighted by Gasteiger charge is -2.18. The standard InChI is InChI=1S/C13H13N5O3/c14-7-9-11(13(20)21-6-5-16-18-15)8-3-1-2-4-10(8)17-12(9)19/h1-6H2,(H,17,19). The predicted molar refractivity (Wildman–Crippen MR) is 72.7 cm³/mol. The van der Waals surface area contributed by atoms with Crippen LogP contribution in [0.5, 0.6) is 0 Å². The first-order valence-corrected chi connectivity index (χ1v) is 6.55. The molecule has 0 atom stereocenters. The van der Waals surface area contributed by atoms with Gasteiger partial charge in [-0.3, -0.25) is 4.79 Å². The van der Waals surface area contributed by atoms with Crippen LogP contribution in [0.1, 0.15) is 40.0 Å². The molecule has 8 heteroatoms. The second-order valence-corrected chi connectivity index (χ2v) is 4.57. The minimum atomic E-state index is -0.719. The summed E-state index contributed by atoms with van der Waals surface area (Å²) in [5, 5.41) is 12.4. The molecule has 0 saturated carbocycles. The van der Waals surface area contributed by atoms with Crippen molar-refractivity contribution in [3.8, 4) is 6.07 Å². The van der Waals surface area contributed by atoms with Gasteiger partial charge in [-0.15, -0.1) is 0 Å². The third-order valence-electron chi connectivity index (χ3n) is 3.31. The molecule has 0 unspecified atom stereocenters. The normalized spacial score (nSPS) is 12.7. The van der Waals surface area contributed by atoms with Crippen LogP contribution in [-0.4, -0.2) is 24.1 Å². The molecular weight excluding hydrogens is 274 g/mol. The summed E-state index contributed by atoms with van der Waals surface area (Å²) in [5.74, 6) is -0.719. The zero-order valence-corrected chi connectivity index (χ0v) is 11.3. The number of rotatable bonds is 4. The van der Waals surface area contributed by atoms with E-state index in [4.69, 9.17) is 15.5 Å². The maximum Gasteiger partial charge on any atom is 0.340 e. The number of H-pyrrole nitrogens is 1. The Labute approximate surface area is 120 Å². The molecule has 0 aromatic carbocycles.